The summed E-state index contributed by atoms with van der Waals surface area (Å²) in [5, 5.41) is 3.97. The third kappa shape index (κ3) is 4.36. The monoisotopic (exact) mass is 326 g/mol. The van der Waals surface area contributed by atoms with Gasteiger partial charge in [0.15, 0.2) is 0 Å². The second kappa shape index (κ2) is 7.33. The predicted octanol–water partition coefficient (Wildman–Crippen LogP) is 3.54. The Morgan fingerprint density at radius 3 is 2.52 bits per heavy atom. The van der Waals surface area contributed by atoms with Gasteiger partial charge in [0.25, 0.3) is 0 Å². The van der Waals surface area contributed by atoms with Crippen molar-refractivity contribution in [1.82, 2.24) is 10.1 Å². The van der Waals surface area contributed by atoms with Crippen molar-refractivity contribution in [3.05, 3.63) is 71.6 Å². The average Bonchev–Trinajstić information content (AvgIpc) is 3.03. The van der Waals surface area contributed by atoms with Gasteiger partial charge in [-0.05, 0) is 18.9 Å². The smallest absolute Gasteiger partial charge is 0.239 e. The van der Waals surface area contributed by atoms with Crippen LogP contribution < -0.4 is 0 Å². The Kier molecular flexibility index (Phi) is 4.98. The Hall–Kier alpha value is -2.27. The molecule has 4 nitrogen and oxygen atoms in total. The van der Waals surface area contributed by atoms with E-state index in [1.807, 2.05) is 61.5 Å². The number of benzene rings is 2. The standard InChI is InChI=1S/C18H18N2O2S/c1-14-7-9-16(10-8-14)18-19-17(22-20-18)13-23(21)12-11-15-5-3-2-4-6-15/h2-10H,11-13H2,1H3/t23-/m0/s1. The summed E-state index contributed by atoms with van der Waals surface area (Å²) in [6, 6.07) is 18.0. The Balaban J connectivity index is 1.58. The van der Waals surface area contributed by atoms with Gasteiger partial charge < -0.3 is 4.52 Å². The van der Waals surface area contributed by atoms with Gasteiger partial charge in [-0.2, -0.15) is 4.98 Å². The quantitative estimate of drug-likeness (QED) is 0.695. The fraction of sp³-hybridized carbons (Fsp3) is 0.222. The molecule has 0 amide bonds. The molecule has 1 aromatic heterocycles. The summed E-state index contributed by atoms with van der Waals surface area (Å²) in [5.41, 5.74) is 3.27. The fourth-order valence-electron chi connectivity index (χ4n) is 2.22. The van der Waals surface area contributed by atoms with Crippen molar-refractivity contribution in [2.75, 3.05) is 5.75 Å². The van der Waals surface area contributed by atoms with Crippen molar-refractivity contribution >= 4 is 10.8 Å². The summed E-state index contributed by atoms with van der Waals surface area (Å²) < 4.78 is 17.4. The maximum Gasteiger partial charge on any atom is 0.239 e. The van der Waals surface area contributed by atoms with Crippen molar-refractivity contribution in [3.8, 4) is 11.4 Å². The second-order valence-electron chi connectivity index (χ2n) is 5.40. The topological polar surface area (TPSA) is 56.0 Å². The summed E-state index contributed by atoms with van der Waals surface area (Å²) in [7, 11) is -1.01. The molecular weight excluding hydrogens is 308 g/mol. The minimum absolute atomic E-state index is 0.297. The molecule has 23 heavy (non-hydrogen) atoms. The van der Waals surface area contributed by atoms with Crippen molar-refractivity contribution in [2.24, 2.45) is 0 Å². The number of nitrogens with zero attached hydrogens (tertiary/aromatic N) is 2. The third-order valence-electron chi connectivity index (χ3n) is 3.52. The Bertz CT molecular complexity index is 782. The summed E-state index contributed by atoms with van der Waals surface area (Å²) >= 11 is 0. The minimum atomic E-state index is -1.01. The number of aromatic nitrogens is 2. The number of hydrogen-bond acceptors (Lipinski definition) is 4. The molecular formula is C18H18N2O2S. The zero-order chi connectivity index (χ0) is 16.1. The molecule has 1 heterocycles. The molecule has 0 saturated carbocycles. The molecule has 5 heteroatoms. The molecule has 0 spiro atoms. The minimum Gasteiger partial charge on any atom is -0.338 e. The van der Waals surface area contributed by atoms with E-state index in [1.165, 1.54) is 11.1 Å². The molecule has 0 radical (unpaired) electrons. The van der Waals surface area contributed by atoms with Gasteiger partial charge in [0.05, 0.1) is 0 Å². The molecule has 0 fully saturated rings. The summed E-state index contributed by atoms with van der Waals surface area (Å²) in [6.45, 7) is 2.03. The molecule has 0 aliphatic heterocycles. The van der Waals surface area contributed by atoms with E-state index in [1.54, 1.807) is 0 Å². The van der Waals surface area contributed by atoms with Crippen LogP contribution in [0.5, 0.6) is 0 Å². The predicted molar refractivity (Wildman–Crippen MR) is 91.3 cm³/mol. The first-order valence-corrected chi connectivity index (χ1v) is 8.98. The SMILES string of the molecule is Cc1ccc(-c2noc(C[S@@](=O)CCc3ccccc3)n2)cc1. The van der Waals surface area contributed by atoms with Crippen LogP contribution >= 0.6 is 0 Å². The third-order valence-corrected chi connectivity index (χ3v) is 4.75. The van der Waals surface area contributed by atoms with Crippen LogP contribution in [0.4, 0.5) is 0 Å². The first kappa shape index (κ1) is 15.6. The van der Waals surface area contributed by atoms with Crippen molar-refractivity contribution < 1.29 is 8.73 Å². The number of hydrogen-bond donors (Lipinski definition) is 0. The molecule has 0 N–H and O–H groups in total. The largest absolute Gasteiger partial charge is 0.338 e. The molecule has 1 atom stereocenters. The van der Waals surface area contributed by atoms with Crippen LogP contribution in [0.3, 0.4) is 0 Å². The van der Waals surface area contributed by atoms with Crippen LogP contribution in [0.1, 0.15) is 17.0 Å². The van der Waals surface area contributed by atoms with E-state index < -0.39 is 10.8 Å². The lowest BCUT2D eigenvalue weighted by Crippen LogP contribution is -2.04. The van der Waals surface area contributed by atoms with Gasteiger partial charge in [-0.25, -0.2) is 0 Å². The maximum absolute atomic E-state index is 12.2. The van der Waals surface area contributed by atoms with Gasteiger partial charge in [0, 0.05) is 22.1 Å². The van der Waals surface area contributed by atoms with E-state index in [9.17, 15) is 4.21 Å². The van der Waals surface area contributed by atoms with Crippen LogP contribution in [0.15, 0.2) is 59.1 Å². The Morgan fingerprint density at radius 1 is 1.04 bits per heavy atom. The van der Waals surface area contributed by atoms with E-state index in [4.69, 9.17) is 4.52 Å². The highest BCUT2D eigenvalue weighted by Crippen LogP contribution is 2.17. The molecule has 0 unspecified atom stereocenters. The zero-order valence-corrected chi connectivity index (χ0v) is 13.8. The number of rotatable bonds is 6. The summed E-state index contributed by atoms with van der Waals surface area (Å²) in [4.78, 5) is 4.33. The molecule has 0 bridgehead atoms. The molecule has 3 aromatic rings. The lowest BCUT2D eigenvalue weighted by atomic mass is 10.1. The summed E-state index contributed by atoms with van der Waals surface area (Å²) in [5.74, 6) is 1.85. The lowest BCUT2D eigenvalue weighted by molar-refractivity contribution is 0.390. The van der Waals surface area contributed by atoms with Gasteiger partial charge >= 0.3 is 0 Å². The van der Waals surface area contributed by atoms with Gasteiger partial charge in [0.2, 0.25) is 11.7 Å². The zero-order valence-electron chi connectivity index (χ0n) is 12.9. The molecule has 2 aromatic carbocycles. The fourth-order valence-corrected chi connectivity index (χ4v) is 3.22. The van der Waals surface area contributed by atoms with Crippen LogP contribution in [-0.4, -0.2) is 20.1 Å². The van der Waals surface area contributed by atoms with E-state index in [2.05, 4.69) is 10.1 Å². The van der Waals surface area contributed by atoms with Crippen molar-refractivity contribution in [3.63, 3.8) is 0 Å². The second-order valence-corrected chi connectivity index (χ2v) is 6.98. The van der Waals surface area contributed by atoms with Gasteiger partial charge in [-0.15, -0.1) is 0 Å². The molecule has 0 saturated heterocycles. The Morgan fingerprint density at radius 2 is 1.78 bits per heavy atom. The molecule has 0 aliphatic carbocycles. The van der Waals surface area contributed by atoms with Crippen molar-refractivity contribution in [1.29, 1.82) is 0 Å². The Labute approximate surface area is 138 Å². The highest BCUT2D eigenvalue weighted by molar-refractivity contribution is 7.84. The van der Waals surface area contributed by atoms with E-state index in [-0.39, 0.29) is 0 Å². The molecule has 118 valence electrons. The van der Waals surface area contributed by atoms with Gasteiger partial charge in [0.1, 0.15) is 5.75 Å². The number of aryl methyl sites for hydroxylation is 2. The lowest BCUT2D eigenvalue weighted by Gasteiger charge is -2.00. The summed E-state index contributed by atoms with van der Waals surface area (Å²) in [6.07, 6.45) is 0.784. The van der Waals surface area contributed by atoms with E-state index >= 15 is 0 Å². The van der Waals surface area contributed by atoms with Gasteiger partial charge in [-0.1, -0.05) is 65.3 Å². The first-order valence-electron chi connectivity index (χ1n) is 7.49. The van der Waals surface area contributed by atoms with Crippen LogP contribution in [0.25, 0.3) is 11.4 Å². The highest BCUT2D eigenvalue weighted by Gasteiger charge is 2.11. The van der Waals surface area contributed by atoms with Gasteiger partial charge in [-0.3, -0.25) is 4.21 Å². The highest BCUT2D eigenvalue weighted by atomic mass is 32.2. The van der Waals surface area contributed by atoms with Crippen LogP contribution in [-0.2, 0) is 23.0 Å². The normalized spacial score (nSPS) is 12.2. The van der Waals surface area contributed by atoms with E-state index in [0.29, 0.717) is 23.2 Å². The molecule has 0 aliphatic rings. The van der Waals surface area contributed by atoms with E-state index in [0.717, 1.165) is 12.0 Å². The van der Waals surface area contributed by atoms with Crippen LogP contribution in [0.2, 0.25) is 0 Å². The van der Waals surface area contributed by atoms with Crippen LogP contribution in [0, 0.1) is 6.92 Å². The average molecular weight is 326 g/mol. The van der Waals surface area contributed by atoms with Crippen molar-refractivity contribution in [2.45, 2.75) is 19.1 Å². The molecule has 3 rings (SSSR count). The maximum atomic E-state index is 12.2. The first-order chi connectivity index (χ1) is 11.2.